The summed E-state index contributed by atoms with van der Waals surface area (Å²) in [6, 6.07) is 11.3. The van der Waals surface area contributed by atoms with Crippen molar-refractivity contribution in [2.45, 2.75) is 52.2 Å². The van der Waals surface area contributed by atoms with Gasteiger partial charge in [0.15, 0.2) is 5.78 Å². The number of carbonyl (C=O) groups is 1. The van der Waals surface area contributed by atoms with Gasteiger partial charge in [0.25, 0.3) is 0 Å². The second-order valence-corrected chi connectivity index (χ2v) is 8.63. The molecule has 154 valence electrons. The number of hydrogen-bond donors (Lipinski definition) is 1. The lowest BCUT2D eigenvalue weighted by Crippen LogP contribution is -2.49. The van der Waals surface area contributed by atoms with Gasteiger partial charge in [-0.15, -0.1) is 0 Å². The fourth-order valence-electron chi connectivity index (χ4n) is 3.93. The highest BCUT2D eigenvalue weighted by Gasteiger charge is 2.47. The second kappa shape index (κ2) is 7.51. The normalized spacial score (nSPS) is 18.1. The lowest BCUT2D eigenvalue weighted by Gasteiger charge is -2.40. The summed E-state index contributed by atoms with van der Waals surface area (Å²) in [5, 5.41) is 11.5. The van der Waals surface area contributed by atoms with Crippen LogP contribution in [0, 0.1) is 0 Å². The Morgan fingerprint density at radius 1 is 1.10 bits per heavy atom. The van der Waals surface area contributed by atoms with Crippen LogP contribution in [0.3, 0.4) is 0 Å². The molecule has 1 N–H and O–H groups in total. The number of carbonyl (C=O) groups excluding carboxylic acids is 1. The van der Waals surface area contributed by atoms with Crippen LogP contribution in [0.25, 0.3) is 16.7 Å². The van der Waals surface area contributed by atoms with Crippen molar-refractivity contribution in [3.05, 3.63) is 58.3 Å². The van der Waals surface area contributed by atoms with Gasteiger partial charge in [0.05, 0.1) is 17.7 Å². The Bertz CT molecular complexity index is 1000. The molecular weight excluding hydrogens is 388 g/mol. The number of aliphatic hydroxyl groups excluding tert-OH is 1. The van der Waals surface area contributed by atoms with E-state index < -0.39 is 11.2 Å². The summed E-state index contributed by atoms with van der Waals surface area (Å²) < 4.78 is 11.3. The standard InChI is InChI=1S/C24H27ClO4/c1-7-14-13-15(19-17(25)9-8-10-18(19)28-6)11-12-16(14)20-21(26)23(2,3)29-24(4,5)22(20)27/h8-13,26H,7H2,1-6H3. The Morgan fingerprint density at radius 2 is 1.79 bits per heavy atom. The smallest absolute Gasteiger partial charge is 0.198 e. The third kappa shape index (κ3) is 3.67. The van der Waals surface area contributed by atoms with Crippen LogP contribution in [0.4, 0.5) is 0 Å². The largest absolute Gasteiger partial charge is 0.508 e. The van der Waals surface area contributed by atoms with Gasteiger partial charge in [0.2, 0.25) is 0 Å². The first-order chi connectivity index (χ1) is 13.5. The molecule has 0 unspecified atom stereocenters. The van der Waals surface area contributed by atoms with Gasteiger partial charge in [0, 0.05) is 5.56 Å². The van der Waals surface area contributed by atoms with Gasteiger partial charge in [-0.2, -0.15) is 0 Å². The number of Topliss-reactive ketones (excluding diaryl/α,β-unsaturated/α-hetero) is 1. The maximum atomic E-state index is 13.1. The van der Waals surface area contributed by atoms with Crippen LogP contribution in [0.1, 0.15) is 45.7 Å². The SMILES string of the molecule is CCc1cc(-c2c(Cl)cccc2OC)ccc1C1=C(O)C(C)(C)OC(C)(C)C1=O. The molecule has 0 atom stereocenters. The molecule has 0 spiro atoms. The van der Waals surface area contributed by atoms with Gasteiger partial charge in [-0.3, -0.25) is 4.79 Å². The fourth-order valence-corrected chi connectivity index (χ4v) is 4.21. The van der Waals surface area contributed by atoms with E-state index >= 15 is 0 Å². The summed E-state index contributed by atoms with van der Waals surface area (Å²) >= 11 is 6.45. The third-order valence-electron chi connectivity index (χ3n) is 5.33. The Hall–Kier alpha value is -2.30. The molecule has 0 saturated carbocycles. The van der Waals surface area contributed by atoms with Gasteiger partial charge in [0.1, 0.15) is 22.7 Å². The molecule has 4 nitrogen and oxygen atoms in total. The van der Waals surface area contributed by atoms with Gasteiger partial charge < -0.3 is 14.6 Å². The number of aryl methyl sites for hydroxylation is 1. The number of ether oxygens (including phenoxy) is 2. The van der Waals surface area contributed by atoms with E-state index in [1.807, 2.05) is 43.3 Å². The number of aliphatic hydroxyl groups is 1. The third-order valence-corrected chi connectivity index (χ3v) is 5.65. The molecular formula is C24H27ClO4. The Kier molecular flexibility index (Phi) is 5.54. The molecule has 0 fully saturated rings. The van der Waals surface area contributed by atoms with Crippen molar-refractivity contribution < 1.29 is 19.4 Å². The Morgan fingerprint density at radius 3 is 2.41 bits per heavy atom. The average Bonchev–Trinajstić information content (AvgIpc) is 2.66. The molecule has 5 heteroatoms. The molecule has 1 heterocycles. The first-order valence-corrected chi connectivity index (χ1v) is 10.1. The molecule has 2 aromatic rings. The van der Waals surface area contributed by atoms with E-state index in [9.17, 15) is 9.90 Å². The zero-order chi connectivity index (χ0) is 21.6. The van der Waals surface area contributed by atoms with Crippen LogP contribution in [-0.4, -0.2) is 29.2 Å². The number of halogens is 1. The monoisotopic (exact) mass is 414 g/mol. The molecule has 1 aliphatic rings. The maximum Gasteiger partial charge on any atom is 0.198 e. The van der Waals surface area contributed by atoms with Gasteiger partial charge in [-0.25, -0.2) is 0 Å². The molecule has 29 heavy (non-hydrogen) atoms. The summed E-state index contributed by atoms with van der Waals surface area (Å²) in [4.78, 5) is 13.1. The van der Waals surface area contributed by atoms with Crippen LogP contribution < -0.4 is 4.74 Å². The zero-order valence-electron chi connectivity index (χ0n) is 17.7. The van der Waals surface area contributed by atoms with Crippen molar-refractivity contribution in [2.75, 3.05) is 7.11 Å². The van der Waals surface area contributed by atoms with Crippen molar-refractivity contribution >= 4 is 23.0 Å². The van der Waals surface area contributed by atoms with E-state index in [2.05, 4.69) is 0 Å². The van der Waals surface area contributed by atoms with Gasteiger partial charge in [-0.1, -0.05) is 42.8 Å². The molecule has 1 aliphatic heterocycles. The predicted octanol–water partition coefficient (Wildman–Crippen LogP) is 6.00. The summed E-state index contributed by atoms with van der Waals surface area (Å²) in [5.74, 6) is 0.408. The van der Waals surface area contributed by atoms with Crippen LogP contribution in [0.15, 0.2) is 42.2 Å². The first kappa shape index (κ1) is 21.4. The molecule has 2 aromatic carbocycles. The van der Waals surface area contributed by atoms with E-state index in [4.69, 9.17) is 21.1 Å². The molecule has 0 aliphatic carbocycles. The number of hydrogen-bond acceptors (Lipinski definition) is 4. The van der Waals surface area contributed by atoms with Crippen LogP contribution in [-0.2, 0) is 16.0 Å². The number of rotatable bonds is 4. The van der Waals surface area contributed by atoms with E-state index in [-0.39, 0.29) is 11.5 Å². The highest BCUT2D eigenvalue weighted by Crippen LogP contribution is 2.43. The minimum atomic E-state index is -1.03. The van der Waals surface area contributed by atoms with E-state index in [0.29, 0.717) is 28.3 Å². The van der Waals surface area contributed by atoms with Crippen LogP contribution >= 0.6 is 11.6 Å². The molecule has 0 amide bonds. The second-order valence-electron chi connectivity index (χ2n) is 8.22. The summed E-state index contributed by atoms with van der Waals surface area (Å²) in [5.41, 5.74) is 1.69. The number of ketones is 1. The van der Waals surface area contributed by atoms with Crippen LogP contribution in [0.2, 0.25) is 5.02 Å². The molecule has 3 rings (SSSR count). The van der Waals surface area contributed by atoms with Gasteiger partial charge >= 0.3 is 0 Å². The van der Waals surface area contributed by atoms with Crippen molar-refractivity contribution in [2.24, 2.45) is 0 Å². The Labute approximate surface area is 177 Å². The zero-order valence-corrected chi connectivity index (χ0v) is 18.5. The van der Waals surface area contributed by atoms with Crippen molar-refractivity contribution in [1.82, 2.24) is 0 Å². The summed E-state index contributed by atoms with van der Waals surface area (Å²) in [7, 11) is 1.61. The summed E-state index contributed by atoms with van der Waals surface area (Å²) in [6.45, 7) is 9.02. The quantitative estimate of drug-likeness (QED) is 0.666. The highest BCUT2D eigenvalue weighted by atomic mass is 35.5. The topological polar surface area (TPSA) is 55.8 Å². The highest BCUT2D eigenvalue weighted by molar-refractivity contribution is 6.33. The lowest BCUT2D eigenvalue weighted by atomic mass is 9.81. The summed E-state index contributed by atoms with van der Waals surface area (Å²) in [6.07, 6.45) is 0.682. The first-order valence-electron chi connectivity index (χ1n) is 9.68. The average molecular weight is 415 g/mol. The predicted molar refractivity (Wildman–Crippen MR) is 117 cm³/mol. The Balaban J connectivity index is 2.23. The van der Waals surface area contributed by atoms with E-state index in [1.54, 1.807) is 34.8 Å². The van der Waals surface area contributed by atoms with Crippen molar-refractivity contribution in [3.63, 3.8) is 0 Å². The van der Waals surface area contributed by atoms with E-state index in [1.165, 1.54) is 0 Å². The van der Waals surface area contributed by atoms with Crippen molar-refractivity contribution in [3.8, 4) is 16.9 Å². The lowest BCUT2D eigenvalue weighted by molar-refractivity contribution is -0.158. The minimum absolute atomic E-state index is 0.0420. The van der Waals surface area contributed by atoms with E-state index in [0.717, 1.165) is 16.7 Å². The molecule has 0 radical (unpaired) electrons. The maximum absolute atomic E-state index is 13.1. The van der Waals surface area contributed by atoms with Gasteiger partial charge in [-0.05, 0) is 62.9 Å². The van der Waals surface area contributed by atoms with Crippen LogP contribution in [0.5, 0.6) is 5.75 Å². The number of methoxy groups -OCH3 is 1. The molecule has 0 aromatic heterocycles. The minimum Gasteiger partial charge on any atom is -0.508 e. The fraction of sp³-hybridized carbons (Fsp3) is 0.375. The molecule has 0 saturated heterocycles. The van der Waals surface area contributed by atoms with Crippen molar-refractivity contribution in [1.29, 1.82) is 0 Å². The molecule has 0 bridgehead atoms. The number of benzene rings is 2.